The monoisotopic (exact) mass is 343 g/mol. The van der Waals surface area contributed by atoms with Crippen molar-refractivity contribution in [2.45, 2.75) is 13.8 Å². The number of benzene rings is 1. The van der Waals surface area contributed by atoms with Gasteiger partial charge in [0.15, 0.2) is 0 Å². The lowest BCUT2D eigenvalue weighted by atomic mass is 10.2. The third-order valence-electron chi connectivity index (χ3n) is 3.37. The number of carbonyl (C=O) groups is 1. The summed E-state index contributed by atoms with van der Waals surface area (Å²) in [6, 6.07) is 8.96. The van der Waals surface area contributed by atoms with Crippen LogP contribution in [0.1, 0.15) is 23.1 Å². The highest BCUT2D eigenvalue weighted by atomic mass is 16.5. The van der Waals surface area contributed by atoms with Crippen molar-refractivity contribution in [1.29, 1.82) is 0 Å². The summed E-state index contributed by atoms with van der Waals surface area (Å²) in [7, 11) is 4.06. The van der Waals surface area contributed by atoms with Gasteiger partial charge in [-0.3, -0.25) is 0 Å². The minimum atomic E-state index is -0.320. The number of hydrogen-bond donors (Lipinski definition) is 2. The molecule has 2 rings (SSSR count). The number of aryl methyl sites for hydroxylation is 1. The van der Waals surface area contributed by atoms with Crippen molar-refractivity contribution in [1.82, 2.24) is 14.9 Å². The molecule has 7 nitrogen and oxygen atoms in total. The third kappa shape index (κ3) is 6.04. The van der Waals surface area contributed by atoms with Gasteiger partial charge in [0.2, 0.25) is 0 Å². The molecule has 1 aromatic heterocycles. The summed E-state index contributed by atoms with van der Waals surface area (Å²) in [5, 5.41) is 6.52. The molecule has 0 amide bonds. The van der Waals surface area contributed by atoms with E-state index in [4.69, 9.17) is 4.74 Å². The Morgan fingerprint density at radius 2 is 1.84 bits per heavy atom. The van der Waals surface area contributed by atoms with Gasteiger partial charge in [0, 0.05) is 24.8 Å². The molecule has 0 aliphatic rings. The first-order chi connectivity index (χ1) is 12.0. The van der Waals surface area contributed by atoms with Gasteiger partial charge in [0.25, 0.3) is 0 Å². The molecule has 0 bridgehead atoms. The van der Waals surface area contributed by atoms with Crippen LogP contribution in [0.25, 0.3) is 0 Å². The normalized spacial score (nSPS) is 10.6. The molecule has 1 aromatic carbocycles. The van der Waals surface area contributed by atoms with Gasteiger partial charge in [-0.05, 0) is 52.2 Å². The number of anilines is 3. The van der Waals surface area contributed by atoms with Gasteiger partial charge in [-0.25, -0.2) is 14.8 Å². The van der Waals surface area contributed by atoms with Crippen molar-refractivity contribution >= 4 is 23.3 Å². The summed E-state index contributed by atoms with van der Waals surface area (Å²) in [5.74, 6) is 1.84. The maximum absolute atomic E-state index is 11.7. The second-order valence-corrected chi connectivity index (χ2v) is 5.84. The molecule has 0 aliphatic carbocycles. The number of nitrogens with one attached hydrogen (secondary N) is 2. The number of nitrogens with zero attached hydrogens (tertiary/aromatic N) is 3. The molecular weight excluding hydrogens is 318 g/mol. The van der Waals surface area contributed by atoms with Crippen molar-refractivity contribution in [3.05, 3.63) is 41.7 Å². The Balaban J connectivity index is 2.04. The van der Waals surface area contributed by atoms with Crippen molar-refractivity contribution in [3.8, 4) is 0 Å². The minimum absolute atomic E-state index is 0.320. The standard InChI is InChI=1S/C18H25N5O2/c1-5-25-18(24)14-6-8-15(9-7-14)22-17-12-16(20-13(2)21-17)19-10-11-23(3)4/h6-9,12H,5,10-11H2,1-4H3,(H2,19,20,21,22). The van der Waals surface area contributed by atoms with E-state index in [2.05, 4.69) is 25.5 Å². The summed E-state index contributed by atoms with van der Waals surface area (Å²) in [5.41, 5.74) is 1.36. The maximum atomic E-state index is 11.7. The van der Waals surface area contributed by atoms with Gasteiger partial charge in [-0.15, -0.1) is 0 Å². The van der Waals surface area contributed by atoms with Gasteiger partial charge in [0.1, 0.15) is 17.5 Å². The molecule has 0 unspecified atom stereocenters. The first-order valence-corrected chi connectivity index (χ1v) is 8.26. The second-order valence-electron chi connectivity index (χ2n) is 5.84. The molecule has 1 heterocycles. The first kappa shape index (κ1) is 18.7. The van der Waals surface area contributed by atoms with Gasteiger partial charge in [-0.1, -0.05) is 0 Å². The van der Waals surface area contributed by atoms with E-state index in [1.165, 1.54) is 0 Å². The minimum Gasteiger partial charge on any atom is -0.462 e. The van der Waals surface area contributed by atoms with E-state index in [1.807, 2.05) is 39.2 Å². The molecule has 0 spiro atoms. The second kappa shape index (κ2) is 8.98. The van der Waals surface area contributed by atoms with E-state index in [9.17, 15) is 4.79 Å². The van der Waals surface area contributed by atoms with Crippen LogP contribution in [0.3, 0.4) is 0 Å². The third-order valence-corrected chi connectivity index (χ3v) is 3.37. The summed E-state index contributed by atoms with van der Waals surface area (Å²) in [4.78, 5) is 22.6. The molecule has 0 radical (unpaired) electrons. The van der Waals surface area contributed by atoms with Crippen LogP contribution in [0.2, 0.25) is 0 Å². The highest BCUT2D eigenvalue weighted by molar-refractivity contribution is 5.89. The Morgan fingerprint density at radius 1 is 1.16 bits per heavy atom. The fourth-order valence-corrected chi connectivity index (χ4v) is 2.18. The molecule has 25 heavy (non-hydrogen) atoms. The average molecular weight is 343 g/mol. The van der Waals surface area contributed by atoms with Gasteiger partial charge in [-0.2, -0.15) is 0 Å². The lowest BCUT2D eigenvalue weighted by Gasteiger charge is -2.12. The Hall–Kier alpha value is -2.67. The van der Waals surface area contributed by atoms with E-state index < -0.39 is 0 Å². The summed E-state index contributed by atoms with van der Waals surface area (Å²) < 4.78 is 4.98. The van der Waals surface area contributed by atoms with Crippen molar-refractivity contribution in [2.75, 3.05) is 44.4 Å². The van der Waals surface area contributed by atoms with Crippen LogP contribution in [-0.4, -0.2) is 54.6 Å². The molecule has 0 saturated heterocycles. The van der Waals surface area contributed by atoms with Gasteiger partial charge in [0.05, 0.1) is 12.2 Å². The van der Waals surface area contributed by atoms with Crippen LogP contribution in [0.15, 0.2) is 30.3 Å². The van der Waals surface area contributed by atoms with Gasteiger partial charge >= 0.3 is 5.97 Å². The first-order valence-electron chi connectivity index (χ1n) is 8.26. The van der Waals surface area contributed by atoms with Crippen LogP contribution >= 0.6 is 0 Å². The Bertz CT molecular complexity index is 701. The van der Waals surface area contributed by atoms with Crippen molar-refractivity contribution in [3.63, 3.8) is 0 Å². The zero-order valence-electron chi connectivity index (χ0n) is 15.2. The molecule has 134 valence electrons. The van der Waals surface area contributed by atoms with E-state index in [1.54, 1.807) is 19.1 Å². The predicted molar refractivity (Wildman–Crippen MR) is 99.5 cm³/mol. The quantitative estimate of drug-likeness (QED) is 0.713. The van der Waals surface area contributed by atoms with Crippen molar-refractivity contribution in [2.24, 2.45) is 0 Å². The smallest absolute Gasteiger partial charge is 0.338 e. The molecule has 2 aromatic rings. The zero-order chi connectivity index (χ0) is 18.2. The van der Waals surface area contributed by atoms with Crippen molar-refractivity contribution < 1.29 is 9.53 Å². The largest absolute Gasteiger partial charge is 0.462 e. The summed E-state index contributed by atoms with van der Waals surface area (Å²) >= 11 is 0. The highest BCUT2D eigenvalue weighted by Gasteiger charge is 2.07. The number of ether oxygens (including phenoxy) is 1. The van der Waals surface area contributed by atoms with E-state index in [-0.39, 0.29) is 5.97 Å². The highest BCUT2D eigenvalue weighted by Crippen LogP contribution is 2.18. The molecule has 2 N–H and O–H groups in total. The number of esters is 1. The Labute approximate surface area is 148 Å². The average Bonchev–Trinajstić information content (AvgIpc) is 2.55. The van der Waals surface area contributed by atoms with Gasteiger partial charge < -0.3 is 20.3 Å². The molecule has 0 fully saturated rings. The number of likely N-dealkylation sites (N-methyl/N-ethyl adjacent to an activating group) is 1. The van der Waals surface area contributed by atoms with Crippen LogP contribution < -0.4 is 10.6 Å². The van der Waals surface area contributed by atoms with Crippen LogP contribution in [0.4, 0.5) is 17.3 Å². The Morgan fingerprint density at radius 3 is 2.48 bits per heavy atom. The lowest BCUT2D eigenvalue weighted by molar-refractivity contribution is 0.0526. The molecule has 0 atom stereocenters. The molecule has 7 heteroatoms. The fraction of sp³-hybridized carbons (Fsp3) is 0.389. The SMILES string of the molecule is CCOC(=O)c1ccc(Nc2cc(NCCN(C)C)nc(C)n2)cc1. The van der Waals surface area contributed by atoms with Crippen LogP contribution in [0.5, 0.6) is 0 Å². The summed E-state index contributed by atoms with van der Waals surface area (Å²) in [6.07, 6.45) is 0. The number of rotatable bonds is 8. The fourth-order valence-electron chi connectivity index (χ4n) is 2.18. The lowest BCUT2D eigenvalue weighted by Crippen LogP contribution is -2.21. The van der Waals surface area contributed by atoms with Crippen LogP contribution in [0, 0.1) is 6.92 Å². The molecular formula is C18H25N5O2. The maximum Gasteiger partial charge on any atom is 0.338 e. The molecule has 0 saturated carbocycles. The number of aromatic nitrogens is 2. The number of hydrogen-bond acceptors (Lipinski definition) is 7. The van der Waals surface area contributed by atoms with Crippen LogP contribution in [-0.2, 0) is 4.74 Å². The van der Waals surface area contributed by atoms with E-state index in [0.29, 0.717) is 23.8 Å². The zero-order valence-corrected chi connectivity index (χ0v) is 15.2. The molecule has 0 aliphatic heterocycles. The topological polar surface area (TPSA) is 79.4 Å². The predicted octanol–water partition coefficient (Wildman–Crippen LogP) is 2.68. The number of carbonyl (C=O) groups excluding carboxylic acids is 1. The van der Waals surface area contributed by atoms with E-state index >= 15 is 0 Å². The summed E-state index contributed by atoms with van der Waals surface area (Å²) in [6.45, 7) is 5.72. The van der Waals surface area contributed by atoms with E-state index in [0.717, 1.165) is 24.6 Å². The Kier molecular flexibility index (Phi) is 6.71.